The molecular weight excluding hydrogens is 483 g/mol. The van der Waals surface area contributed by atoms with Crippen LogP contribution >= 0.6 is 8.17 Å². The summed E-state index contributed by atoms with van der Waals surface area (Å²) in [6, 6.07) is 5.04. The summed E-state index contributed by atoms with van der Waals surface area (Å²) in [7, 11) is -2.83. The number of aromatic nitrogens is 2. The average molecular weight is 503 g/mol. The van der Waals surface area contributed by atoms with Crippen LogP contribution in [-0.4, -0.2) is 56.0 Å². The summed E-state index contributed by atoms with van der Waals surface area (Å²) >= 11 is 0. The highest BCUT2D eigenvalue weighted by molar-refractivity contribution is 7.34. The zero-order chi connectivity index (χ0) is 25.3. The molecule has 1 aromatic carbocycles. The lowest BCUT2D eigenvalue weighted by Crippen LogP contribution is -2.48. The van der Waals surface area contributed by atoms with Crippen LogP contribution in [0.4, 0.5) is 8.78 Å². The number of H-pyrrole nitrogens is 1. The molecule has 0 spiro atoms. The fraction of sp³-hybridized carbons (Fsp3) is 0.421. The summed E-state index contributed by atoms with van der Waals surface area (Å²) in [6.07, 6.45) is -3.47. The minimum atomic E-state index is -3.15. The van der Waals surface area contributed by atoms with Crippen molar-refractivity contribution in [3.63, 3.8) is 0 Å². The van der Waals surface area contributed by atoms with Crippen LogP contribution in [0.5, 0.6) is 11.5 Å². The van der Waals surface area contributed by atoms with Gasteiger partial charge in [-0.3, -0.25) is 18.9 Å². The van der Waals surface area contributed by atoms with Crippen molar-refractivity contribution >= 4 is 14.1 Å². The van der Waals surface area contributed by atoms with Gasteiger partial charge in [-0.05, 0) is 26.0 Å². The molecule has 2 heterocycles. The van der Waals surface area contributed by atoms with Crippen LogP contribution in [0.3, 0.4) is 0 Å². The lowest BCUT2D eigenvalue weighted by molar-refractivity contribution is -0.203. The minimum Gasteiger partial charge on any atom is -0.575 e. The summed E-state index contributed by atoms with van der Waals surface area (Å²) in [5.74, 6) is -4.87. The first-order valence-electron chi connectivity index (χ1n) is 9.71. The van der Waals surface area contributed by atoms with Crippen LogP contribution in [0.25, 0.3) is 0 Å². The number of nitrogens with zero attached hydrogens (tertiary/aromatic N) is 2. The Labute approximate surface area is 191 Å². The normalized spacial score (nSPS) is 27.9. The second kappa shape index (κ2) is 9.58. The van der Waals surface area contributed by atoms with Gasteiger partial charge in [-0.2, -0.15) is 0 Å². The van der Waals surface area contributed by atoms with E-state index in [-0.39, 0.29) is 11.5 Å². The molecule has 3 rings (SSSR count). The lowest BCUT2D eigenvalue weighted by Gasteiger charge is -2.25. The van der Waals surface area contributed by atoms with Crippen molar-refractivity contribution < 1.29 is 42.7 Å². The van der Waals surface area contributed by atoms with Crippen molar-refractivity contribution in [3.8, 4) is 11.5 Å². The second-order valence-electron chi connectivity index (χ2n) is 7.52. The van der Waals surface area contributed by atoms with Gasteiger partial charge in [0.15, 0.2) is 36.4 Å². The molecule has 34 heavy (non-hydrogen) atoms. The van der Waals surface area contributed by atoms with E-state index >= 15 is 8.78 Å². The zero-order valence-electron chi connectivity index (χ0n) is 17.8. The Kier molecular flexibility index (Phi) is 7.17. The Balaban J connectivity index is 1.81. The number of carboxylic acid groups (broad SMARTS) is 1. The topological polar surface area (TPSA) is 175 Å². The standard InChI is InChI=1S/C19H20F2N3O9P/c1-10(14(26)27)23-34(30)33-12-6-4-3-5-11(12)31-9-19(21)15(28)18(2,20)16(32-19)24-8-7-13(25)22-17(24)29/h3-8,10,15-16,28H,9H2,1-2H3,(H,26,27)(H,22,25,29)/t10-,15-,16+,18+,19+/m0/s1. The molecule has 1 fully saturated rings. The predicted octanol–water partition coefficient (Wildman–Crippen LogP) is 0.607. The highest BCUT2D eigenvalue weighted by Crippen LogP contribution is 2.47. The van der Waals surface area contributed by atoms with Gasteiger partial charge < -0.3 is 24.6 Å². The number of carboxylic acids is 1. The summed E-state index contributed by atoms with van der Waals surface area (Å²) in [4.78, 5) is 48.0. The first-order valence-corrected chi connectivity index (χ1v) is 10.8. The number of para-hydroxylation sites is 2. The van der Waals surface area contributed by atoms with Gasteiger partial charge in [0.1, 0.15) is 0 Å². The molecule has 3 N–H and O–H groups in total. The van der Waals surface area contributed by atoms with Gasteiger partial charge in [-0.15, -0.1) is 0 Å². The quantitative estimate of drug-likeness (QED) is 0.436. The summed E-state index contributed by atoms with van der Waals surface area (Å²) in [5.41, 5.74) is -4.67. The molecule has 2 aromatic rings. The first-order chi connectivity index (χ1) is 15.8. The molecule has 1 saturated heterocycles. The zero-order valence-corrected chi connectivity index (χ0v) is 18.6. The predicted molar refractivity (Wildman–Crippen MR) is 110 cm³/mol. The third-order valence-electron chi connectivity index (χ3n) is 4.91. The maximum absolute atomic E-state index is 15.5. The molecule has 184 valence electrons. The summed E-state index contributed by atoms with van der Waals surface area (Å²) in [5, 5.41) is 19.1. The smallest absolute Gasteiger partial charge is 0.395 e. The van der Waals surface area contributed by atoms with Crippen molar-refractivity contribution in [2.24, 2.45) is 4.74 Å². The van der Waals surface area contributed by atoms with Crippen molar-refractivity contribution in [1.29, 1.82) is 0 Å². The highest BCUT2D eigenvalue weighted by Gasteiger charge is 2.65. The Bertz CT molecular complexity index is 1220. The fourth-order valence-corrected chi connectivity index (χ4v) is 3.84. The summed E-state index contributed by atoms with van der Waals surface area (Å²) < 4.78 is 50.2. The number of halogens is 2. The van der Waals surface area contributed by atoms with Crippen LogP contribution in [0.1, 0.15) is 20.1 Å². The fourth-order valence-electron chi connectivity index (χ4n) is 3.09. The van der Waals surface area contributed by atoms with Crippen molar-refractivity contribution in [1.82, 2.24) is 9.55 Å². The van der Waals surface area contributed by atoms with Crippen LogP contribution in [0.15, 0.2) is 50.9 Å². The number of ether oxygens (including phenoxy) is 2. The van der Waals surface area contributed by atoms with Gasteiger partial charge in [-0.25, -0.2) is 18.4 Å². The van der Waals surface area contributed by atoms with E-state index in [1.54, 1.807) is 0 Å². The summed E-state index contributed by atoms with van der Waals surface area (Å²) in [6.45, 7) is 0.918. The third kappa shape index (κ3) is 5.14. The van der Waals surface area contributed by atoms with E-state index in [1.807, 2.05) is 4.98 Å². The number of aliphatic carboxylic acids is 1. The molecule has 1 aliphatic rings. The minimum absolute atomic E-state index is 0.193. The molecule has 1 aromatic heterocycles. The number of nitrogens with one attached hydrogen (secondary N) is 1. The van der Waals surface area contributed by atoms with E-state index < -0.39 is 61.9 Å². The average Bonchev–Trinajstić information content (AvgIpc) is 2.93. The number of alkyl halides is 2. The highest BCUT2D eigenvalue weighted by atomic mass is 31.1. The lowest BCUT2D eigenvalue weighted by atomic mass is 9.97. The van der Waals surface area contributed by atoms with E-state index in [9.17, 15) is 24.4 Å². The Hall–Kier alpha value is -3.19. The SMILES string of the molecule is C[C@H](N=[P+]([O-])Oc1ccccc1OC[C@@]1(F)O[C@@H](n2ccc(=O)[nH]c2=O)[C@](C)(F)[C@@H]1O)C(=O)O. The molecule has 1 aliphatic heterocycles. The van der Waals surface area contributed by atoms with Crippen LogP contribution in [0, 0.1) is 0 Å². The molecule has 0 radical (unpaired) electrons. The molecule has 0 bridgehead atoms. The number of aliphatic hydroxyl groups is 1. The molecule has 15 heteroatoms. The number of aliphatic hydroxyl groups excluding tert-OH is 1. The maximum Gasteiger partial charge on any atom is 0.395 e. The molecular formula is C19H20F2N3O9P. The molecule has 12 nitrogen and oxygen atoms in total. The first kappa shape index (κ1) is 25.4. The number of benzene rings is 1. The van der Waals surface area contributed by atoms with Gasteiger partial charge in [-0.1, -0.05) is 16.9 Å². The maximum atomic E-state index is 15.5. The molecule has 6 atom stereocenters. The van der Waals surface area contributed by atoms with Crippen LogP contribution in [0.2, 0.25) is 0 Å². The number of aromatic amines is 1. The van der Waals surface area contributed by atoms with Crippen molar-refractivity contribution in [3.05, 3.63) is 57.4 Å². The van der Waals surface area contributed by atoms with Crippen molar-refractivity contribution in [2.45, 2.75) is 43.7 Å². The van der Waals surface area contributed by atoms with E-state index in [0.29, 0.717) is 4.57 Å². The Morgan fingerprint density at radius 3 is 2.62 bits per heavy atom. The number of hydrogen-bond acceptors (Lipinski definition) is 9. The Morgan fingerprint density at radius 1 is 1.35 bits per heavy atom. The van der Waals surface area contributed by atoms with E-state index in [0.717, 1.165) is 19.2 Å². The monoisotopic (exact) mass is 503 g/mol. The van der Waals surface area contributed by atoms with Gasteiger partial charge in [0.25, 0.3) is 11.4 Å². The van der Waals surface area contributed by atoms with Gasteiger partial charge >= 0.3 is 19.8 Å². The molecule has 1 unspecified atom stereocenters. The van der Waals surface area contributed by atoms with Crippen molar-refractivity contribution in [2.75, 3.05) is 6.61 Å². The number of rotatable bonds is 8. The molecule has 0 saturated carbocycles. The van der Waals surface area contributed by atoms with Gasteiger partial charge in [0.05, 0.1) is 0 Å². The van der Waals surface area contributed by atoms with E-state index in [2.05, 4.69) is 4.74 Å². The van der Waals surface area contributed by atoms with Crippen LogP contribution < -0.4 is 25.4 Å². The largest absolute Gasteiger partial charge is 0.575 e. The van der Waals surface area contributed by atoms with Crippen LogP contribution in [-0.2, 0) is 9.53 Å². The third-order valence-corrected chi connectivity index (χ3v) is 5.80. The number of hydrogen-bond donors (Lipinski definition) is 3. The van der Waals surface area contributed by atoms with Gasteiger partial charge in [0, 0.05) is 12.3 Å². The van der Waals surface area contributed by atoms with Gasteiger partial charge in [0.2, 0.25) is 5.75 Å². The number of carbonyl (C=O) groups is 1. The second-order valence-corrected chi connectivity index (χ2v) is 8.41. The molecule has 0 amide bonds. The Morgan fingerprint density at radius 2 is 2.00 bits per heavy atom. The van der Waals surface area contributed by atoms with E-state index in [4.69, 9.17) is 19.1 Å². The molecule has 0 aliphatic carbocycles. The van der Waals surface area contributed by atoms with E-state index in [1.165, 1.54) is 31.2 Å².